The number of fused-ring (bicyclic) bond motifs is 1. The van der Waals surface area contributed by atoms with E-state index in [1.807, 2.05) is 0 Å². The van der Waals surface area contributed by atoms with Gasteiger partial charge in [-0.2, -0.15) is 0 Å². The number of rotatable bonds is 1. The molecule has 0 spiro atoms. The van der Waals surface area contributed by atoms with Crippen LogP contribution in [0.25, 0.3) is 0 Å². The molecule has 2 aliphatic rings. The van der Waals surface area contributed by atoms with E-state index in [2.05, 4.69) is 0 Å². The molecule has 2 heterocycles. The van der Waals surface area contributed by atoms with E-state index < -0.39 is 30.4 Å². The predicted octanol–water partition coefficient (Wildman–Crippen LogP) is -2.48. The highest BCUT2D eigenvalue weighted by Crippen LogP contribution is 2.33. The second-order valence-corrected chi connectivity index (χ2v) is 3.82. The molecule has 4 N–H and O–H groups in total. The summed E-state index contributed by atoms with van der Waals surface area (Å²) in [6.45, 7) is 0.451. The summed E-state index contributed by atoms with van der Waals surface area (Å²) in [5.74, 6) is 0. The van der Waals surface area contributed by atoms with Crippen LogP contribution < -0.4 is 0 Å². The van der Waals surface area contributed by atoms with Crippen LogP contribution in [0.3, 0.4) is 0 Å². The normalized spacial score (nSPS) is 51.2. The van der Waals surface area contributed by atoms with Crippen molar-refractivity contribution in [3.63, 3.8) is 0 Å². The van der Waals surface area contributed by atoms with Gasteiger partial charge in [0.25, 0.3) is 0 Å². The predicted molar refractivity (Wildman–Crippen MR) is 44.0 cm³/mol. The first kappa shape index (κ1) is 9.36. The average molecular weight is 189 g/mol. The number of nitrogens with zero attached hydrogens (tertiary/aromatic N) is 1. The molecule has 2 saturated heterocycles. The summed E-state index contributed by atoms with van der Waals surface area (Å²) in [5, 5.41) is 37.6. The lowest BCUT2D eigenvalue weighted by molar-refractivity contribution is -0.000895. The molecular weight excluding hydrogens is 174 g/mol. The molecule has 76 valence electrons. The van der Waals surface area contributed by atoms with Gasteiger partial charge in [0.05, 0.1) is 37.0 Å². The quantitative estimate of drug-likeness (QED) is 0.367. The number of aliphatic hydroxyl groups is 4. The smallest absolute Gasteiger partial charge is 0.0995 e. The van der Waals surface area contributed by atoms with E-state index >= 15 is 0 Å². The molecule has 0 aromatic carbocycles. The molecule has 2 fully saturated rings. The van der Waals surface area contributed by atoms with Gasteiger partial charge in [-0.1, -0.05) is 0 Å². The summed E-state index contributed by atoms with van der Waals surface area (Å²) in [5.41, 5.74) is 0. The fourth-order valence-electron chi connectivity index (χ4n) is 2.47. The van der Waals surface area contributed by atoms with Crippen LogP contribution in [0.1, 0.15) is 6.42 Å². The van der Waals surface area contributed by atoms with Crippen LogP contribution in [-0.4, -0.2) is 68.9 Å². The second kappa shape index (κ2) is 3.18. The SMILES string of the molecule is OC[C@@H]1[C@@H](O)[C@H](O)[C@@H]2[C@@H](O)CCN21. The first-order valence-corrected chi connectivity index (χ1v) is 4.57. The maximum absolute atomic E-state index is 9.58. The van der Waals surface area contributed by atoms with Crippen molar-refractivity contribution in [2.24, 2.45) is 0 Å². The Hall–Kier alpha value is -0.200. The van der Waals surface area contributed by atoms with Crippen molar-refractivity contribution < 1.29 is 20.4 Å². The molecule has 0 radical (unpaired) electrons. The minimum Gasteiger partial charge on any atom is -0.395 e. The number of aliphatic hydroxyl groups excluding tert-OH is 4. The number of hydrogen-bond donors (Lipinski definition) is 4. The van der Waals surface area contributed by atoms with E-state index in [0.717, 1.165) is 0 Å². The van der Waals surface area contributed by atoms with E-state index in [0.29, 0.717) is 13.0 Å². The van der Waals surface area contributed by atoms with Gasteiger partial charge in [-0.25, -0.2) is 0 Å². The molecule has 0 aromatic rings. The average Bonchev–Trinajstić information content (AvgIpc) is 2.57. The monoisotopic (exact) mass is 189 g/mol. The van der Waals surface area contributed by atoms with Crippen LogP contribution in [0.2, 0.25) is 0 Å². The van der Waals surface area contributed by atoms with Crippen molar-refractivity contribution in [2.45, 2.75) is 36.8 Å². The Morgan fingerprint density at radius 3 is 2.46 bits per heavy atom. The van der Waals surface area contributed by atoms with Gasteiger partial charge in [0.1, 0.15) is 0 Å². The van der Waals surface area contributed by atoms with E-state index in [-0.39, 0.29) is 6.61 Å². The molecule has 5 heteroatoms. The molecule has 0 bridgehead atoms. The van der Waals surface area contributed by atoms with E-state index in [9.17, 15) is 15.3 Å². The summed E-state index contributed by atoms with van der Waals surface area (Å²) in [6, 6.07) is -0.815. The zero-order valence-electron chi connectivity index (χ0n) is 7.24. The molecule has 0 amide bonds. The van der Waals surface area contributed by atoms with Gasteiger partial charge < -0.3 is 20.4 Å². The van der Waals surface area contributed by atoms with E-state index in [1.54, 1.807) is 4.90 Å². The maximum atomic E-state index is 9.58. The molecule has 0 aromatic heterocycles. The third-order valence-electron chi connectivity index (χ3n) is 3.17. The summed E-state index contributed by atoms with van der Waals surface area (Å²) < 4.78 is 0. The first-order valence-electron chi connectivity index (χ1n) is 4.57. The molecule has 0 aliphatic carbocycles. The Kier molecular flexibility index (Phi) is 2.29. The molecule has 5 nitrogen and oxygen atoms in total. The molecule has 2 aliphatic heterocycles. The molecule has 5 atom stereocenters. The topological polar surface area (TPSA) is 84.2 Å². The highest BCUT2D eigenvalue weighted by Gasteiger charge is 2.52. The van der Waals surface area contributed by atoms with Crippen molar-refractivity contribution in [2.75, 3.05) is 13.2 Å². The Labute approximate surface area is 76.2 Å². The van der Waals surface area contributed by atoms with E-state index in [1.165, 1.54) is 0 Å². The van der Waals surface area contributed by atoms with Gasteiger partial charge in [-0.3, -0.25) is 4.90 Å². The van der Waals surface area contributed by atoms with Crippen LogP contribution in [-0.2, 0) is 0 Å². The standard InChI is InChI=1S/C8H15NO4/c10-3-4-7(12)8(13)6-5(11)1-2-9(4)6/h4-8,10-13H,1-3H2/t4-,5+,6+,7-,8-/m1/s1. The molecule has 2 rings (SSSR count). The lowest BCUT2D eigenvalue weighted by atomic mass is 10.0. The lowest BCUT2D eigenvalue weighted by Crippen LogP contribution is -2.39. The van der Waals surface area contributed by atoms with Crippen LogP contribution >= 0.6 is 0 Å². The zero-order chi connectivity index (χ0) is 9.59. The zero-order valence-corrected chi connectivity index (χ0v) is 7.24. The minimum atomic E-state index is -0.940. The van der Waals surface area contributed by atoms with Gasteiger partial charge in [0, 0.05) is 6.54 Å². The third kappa shape index (κ3) is 1.19. The fraction of sp³-hybridized carbons (Fsp3) is 1.00. The van der Waals surface area contributed by atoms with Crippen molar-refractivity contribution in [1.29, 1.82) is 0 Å². The maximum Gasteiger partial charge on any atom is 0.0995 e. The van der Waals surface area contributed by atoms with Crippen LogP contribution in [0, 0.1) is 0 Å². The largest absolute Gasteiger partial charge is 0.395 e. The molecule has 0 unspecified atom stereocenters. The molecule has 13 heavy (non-hydrogen) atoms. The van der Waals surface area contributed by atoms with Gasteiger partial charge in [0.2, 0.25) is 0 Å². The Balaban J connectivity index is 2.19. The first-order chi connectivity index (χ1) is 6.16. The minimum absolute atomic E-state index is 0.179. The molecule has 0 saturated carbocycles. The molecular formula is C8H15NO4. The summed E-state index contributed by atoms with van der Waals surface area (Å²) >= 11 is 0. The fourth-order valence-corrected chi connectivity index (χ4v) is 2.47. The van der Waals surface area contributed by atoms with Gasteiger partial charge in [-0.05, 0) is 6.42 Å². The summed E-state index contributed by atoms with van der Waals surface area (Å²) in [6.07, 6.45) is -1.86. The Morgan fingerprint density at radius 1 is 1.15 bits per heavy atom. The van der Waals surface area contributed by atoms with Crippen LogP contribution in [0.5, 0.6) is 0 Å². The lowest BCUT2D eigenvalue weighted by Gasteiger charge is -2.22. The third-order valence-corrected chi connectivity index (χ3v) is 3.17. The summed E-state index contributed by atoms with van der Waals surface area (Å²) in [4.78, 5) is 1.79. The van der Waals surface area contributed by atoms with Crippen molar-refractivity contribution >= 4 is 0 Å². The summed E-state index contributed by atoms with van der Waals surface area (Å²) in [7, 11) is 0. The highest BCUT2D eigenvalue weighted by molar-refractivity contribution is 5.06. The Bertz CT molecular complexity index is 201. The van der Waals surface area contributed by atoms with Gasteiger partial charge in [-0.15, -0.1) is 0 Å². The van der Waals surface area contributed by atoms with Gasteiger partial charge in [0.15, 0.2) is 0 Å². The number of hydrogen-bond acceptors (Lipinski definition) is 5. The van der Waals surface area contributed by atoms with Gasteiger partial charge >= 0.3 is 0 Å². The second-order valence-electron chi connectivity index (χ2n) is 3.82. The van der Waals surface area contributed by atoms with Crippen molar-refractivity contribution in [3.8, 4) is 0 Å². The van der Waals surface area contributed by atoms with Crippen LogP contribution in [0.15, 0.2) is 0 Å². The van der Waals surface area contributed by atoms with E-state index in [4.69, 9.17) is 5.11 Å². The Morgan fingerprint density at radius 2 is 1.85 bits per heavy atom. The highest BCUT2D eigenvalue weighted by atomic mass is 16.3. The van der Waals surface area contributed by atoms with Crippen LogP contribution in [0.4, 0.5) is 0 Å². The van der Waals surface area contributed by atoms with Crippen molar-refractivity contribution in [3.05, 3.63) is 0 Å². The van der Waals surface area contributed by atoms with Crippen molar-refractivity contribution in [1.82, 2.24) is 4.90 Å².